The molecule has 0 rings (SSSR count). The summed E-state index contributed by atoms with van der Waals surface area (Å²) in [5.74, 6) is 2.31. The van der Waals surface area contributed by atoms with Crippen molar-refractivity contribution in [2.45, 2.75) is 10.5 Å². The molecule has 0 heterocycles. The summed E-state index contributed by atoms with van der Waals surface area (Å²) in [4.78, 5) is 0. The van der Waals surface area contributed by atoms with E-state index in [2.05, 4.69) is 5.92 Å². The van der Waals surface area contributed by atoms with Gasteiger partial charge in [0.2, 0.25) is 0 Å². The minimum atomic E-state index is -0.368. The predicted octanol–water partition coefficient (Wildman–Crippen LogP) is 0.763. The topological polar surface area (TPSA) is 20.2 Å². The molecule has 0 spiro atoms. The van der Waals surface area contributed by atoms with Gasteiger partial charge in [-0.05, 0) is 0 Å². The Labute approximate surface area is 50.9 Å². The van der Waals surface area contributed by atoms with E-state index < -0.39 is 0 Å². The van der Waals surface area contributed by atoms with Crippen molar-refractivity contribution >= 4 is 22.6 Å². The number of hydrogen-bond donors (Lipinski definition) is 1. The van der Waals surface area contributed by atoms with Crippen molar-refractivity contribution in [3.8, 4) is 12.3 Å². The highest BCUT2D eigenvalue weighted by Crippen LogP contribution is 1.96. The first-order chi connectivity index (χ1) is 2.77. The minimum Gasteiger partial charge on any atom is -0.382 e. The molecule has 0 bridgehead atoms. The Morgan fingerprint density at radius 3 is 2.50 bits per heavy atom. The number of hydrogen-bond acceptors (Lipinski definition) is 1. The molecule has 0 aromatic heterocycles. The standard InChI is InChI=1S/C4H5IO/c1-2-3-4(5)6/h1,4,6H,3H2. The monoisotopic (exact) mass is 196 g/mol. The highest BCUT2D eigenvalue weighted by atomic mass is 127. The maximum Gasteiger partial charge on any atom is 0.116 e. The predicted molar refractivity (Wildman–Crippen MR) is 33.5 cm³/mol. The lowest BCUT2D eigenvalue weighted by molar-refractivity contribution is 0.285. The molecule has 1 atom stereocenters. The third kappa shape index (κ3) is 4.25. The number of aliphatic hydroxyl groups is 1. The first-order valence-corrected chi connectivity index (χ1v) is 2.77. The van der Waals surface area contributed by atoms with Gasteiger partial charge in [0.25, 0.3) is 0 Å². The summed E-state index contributed by atoms with van der Waals surface area (Å²) in [6, 6.07) is 0. The molecule has 1 nitrogen and oxygen atoms in total. The van der Waals surface area contributed by atoms with Crippen LogP contribution in [-0.4, -0.2) is 9.22 Å². The summed E-state index contributed by atoms with van der Waals surface area (Å²) >= 11 is 1.86. The molecule has 2 heteroatoms. The summed E-state index contributed by atoms with van der Waals surface area (Å²) in [5, 5.41) is 8.40. The molecule has 0 aromatic carbocycles. The maximum atomic E-state index is 8.40. The van der Waals surface area contributed by atoms with E-state index in [1.807, 2.05) is 22.6 Å². The van der Waals surface area contributed by atoms with E-state index >= 15 is 0 Å². The second kappa shape index (κ2) is 3.44. The molecule has 34 valence electrons. The smallest absolute Gasteiger partial charge is 0.116 e. The quantitative estimate of drug-likeness (QED) is 0.373. The Hall–Kier alpha value is 0.250. The Balaban J connectivity index is 2.88. The number of aliphatic hydroxyl groups excluding tert-OH is 1. The van der Waals surface area contributed by atoms with Crippen molar-refractivity contribution in [1.82, 2.24) is 0 Å². The normalized spacial score (nSPS) is 12.8. The van der Waals surface area contributed by atoms with Gasteiger partial charge in [-0.1, -0.05) is 22.6 Å². The molecule has 0 aliphatic rings. The van der Waals surface area contributed by atoms with E-state index in [0.29, 0.717) is 6.42 Å². The van der Waals surface area contributed by atoms with Crippen molar-refractivity contribution in [3.05, 3.63) is 0 Å². The Morgan fingerprint density at radius 2 is 2.50 bits per heavy atom. The molecule has 1 N–H and O–H groups in total. The number of halogens is 1. The van der Waals surface area contributed by atoms with Crippen LogP contribution in [0.1, 0.15) is 6.42 Å². The van der Waals surface area contributed by atoms with Crippen LogP contribution in [-0.2, 0) is 0 Å². The van der Waals surface area contributed by atoms with Crippen molar-refractivity contribution < 1.29 is 5.11 Å². The summed E-state index contributed by atoms with van der Waals surface area (Å²) in [5.41, 5.74) is 0. The van der Waals surface area contributed by atoms with E-state index in [0.717, 1.165) is 0 Å². The molecule has 0 amide bonds. The number of rotatable bonds is 1. The fourth-order valence-corrected chi connectivity index (χ4v) is 0.352. The Morgan fingerprint density at radius 1 is 2.00 bits per heavy atom. The number of terminal acetylenes is 1. The summed E-state index contributed by atoms with van der Waals surface area (Å²) in [7, 11) is 0. The molecule has 0 fully saturated rings. The van der Waals surface area contributed by atoms with Crippen LogP contribution < -0.4 is 0 Å². The summed E-state index contributed by atoms with van der Waals surface area (Å²) in [6.07, 6.45) is 5.26. The summed E-state index contributed by atoms with van der Waals surface area (Å²) < 4.78 is -0.368. The van der Waals surface area contributed by atoms with Gasteiger partial charge in [0.15, 0.2) is 0 Å². The zero-order valence-corrected chi connectivity index (χ0v) is 5.34. The van der Waals surface area contributed by atoms with Crippen molar-refractivity contribution in [2.24, 2.45) is 0 Å². The molecule has 0 aliphatic carbocycles. The second-order valence-corrected chi connectivity index (χ2v) is 2.28. The van der Waals surface area contributed by atoms with Crippen molar-refractivity contribution in [3.63, 3.8) is 0 Å². The molecule has 0 aromatic rings. The van der Waals surface area contributed by atoms with E-state index in [1.54, 1.807) is 0 Å². The van der Waals surface area contributed by atoms with E-state index in [-0.39, 0.29) is 4.11 Å². The molecule has 6 heavy (non-hydrogen) atoms. The largest absolute Gasteiger partial charge is 0.382 e. The molecule has 1 unspecified atom stereocenters. The lowest BCUT2D eigenvalue weighted by Crippen LogP contribution is -1.88. The minimum absolute atomic E-state index is 0.368. The third-order valence-corrected chi connectivity index (χ3v) is 0.727. The summed E-state index contributed by atoms with van der Waals surface area (Å²) in [6.45, 7) is 0. The first-order valence-electron chi connectivity index (χ1n) is 1.53. The van der Waals surface area contributed by atoms with Gasteiger partial charge in [-0.3, -0.25) is 0 Å². The molecule has 0 saturated heterocycles. The van der Waals surface area contributed by atoms with Crippen LogP contribution in [0.15, 0.2) is 0 Å². The Bertz CT molecular complexity index is 62.4. The van der Waals surface area contributed by atoms with Crippen LogP contribution in [0.25, 0.3) is 0 Å². The maximum absolute atomic E-state index is 8.40. The highest BCUT2D eigenvalue weighted by Gasteiger charge is 1.87. The fraction of sp³-hybridized carbons (Fsp3) is 0.500. The first kappa shape index (κ1) is 6.25. The van der Waals surface area contributed by atoms with Gasteiger partial charge < -0.3 is 5.11 Å². The average molecular weight is 196 g/mol. The van der Waals surface area contributed by atoms with Crippen LogP contribution in [0.4, 0.5) is 0 Å². The van der Waals surface area contributed by atoms with Gasteiger partial charge in [0.05, 0.1) is 0 Å². The lowest BCUT2D eigenvalue weighted by atomic mass is 10.5. The highest BCUT2D eigenvalue weighted by molar-refractivity contribution is 14.1. The van der Waals surface area contributed by atoms with Crippen molar-refractivity contribution in [2.75, 3.05) is 0 Å². The molecule has 0 aliphatic heterocycles. The van der Waals surface area contributed by atoms with Crippen LogP contribution in [0.2, 0.25) is 0 Å². The second-order valence-electron chi connectivity index (χ2n) is 0.843. The van der Waals surface area contributed by atoms with E-state index in [9.17, 15) is 0 Å². The van der Waals surface area contributed by atoms with E-state index in [1.165, 1.54) is 0 Å². The van der Waals surface area contributed by atoms with E-state index in [4.69, 9.17) is 11.5 Å². The Kier molecular flexibility index (Phi) is 3.58. The third-order valence-electron chi connectivity index (χ3n) is 0.286. The SMILES string of the molecule is C#CCC(O)I. The molecular weight excluding hydrogens is 191 g/mol. The van der Waals surface area contributed by atoms with Gasteiger partial charge in [-0.15, -0.1) is 12.3 Å². The zero-order valence-electron chi connectivity index (χ0n) is 3.19. The fourth-order valence-electron chi connectivity index (χ4n) is 0.0972. The van der Waals surface area contributed by atoms with Crippen LogP contribution in [0.3, 0.4) is 0 Å². The van der Waals surface area contributed by atoms with Crippen LogP contribution in [0, 0.1) is 12.3 Å². The molecular formula is C4H5IO. The lowest BCUT2D eigenvalue weighted by Gasteiger charge is -1.88. The van der Waals surface area contributed by atoms with Gasteiger partial charge in [0.1, 0.15) is 4.11 Å². The number of alkyl halides is 1. The van der Waals surface area contributed by atoms with Gasteiger partial charge >= 0.3 is 0 Å². The van der Waals surface area contributed by atoms with Crippen molar-refractivity contribution in [1.29, 1.82) is 0 Å². The van der Waals surface area contributed by atoms with Crippen LogP contribution in [0.5, 0.6) is 0 Å². The zero-order chi connectivity index (χ0) is 4.99. The van der Waals surface area contributed by atoms with Crippen LogP contribution >= 0.6 is 22.6 Å². The van der Waals surface area contributed by atoms with Gasteiger partial charge in [-0.25, -0.2) is 0 Å². The molecule has 0 saturated carbocycles. The molecule has 0 radical (unpaired) electrons. The van der Waals surface area contributed by atoms with Gasteiger partial charge in [0, 0.05) is 6.42 Å². The van der Waals surface area contributed by atoms with Gasteiger partial charge in [-0.2, -0.15) is 0 Å². The average Bonchev–Trinajstić information content (AvgIpc) is 1.35.